The van der Waals surface area contributed by atoms with Crippen LogP contribution in [-0.2, 0) is 0 Å². The molecule has 3 rings (SSSR count). The third-order valence-corrected chi connectivity index (χ3v) is 4.55. The van der Waals surface area contributed by atoms with Crippen LogP contribution in [0.3, 0.4) is 0 Å². The van der Waals surface area contributed by atoms with Crippen LogP contribution >= 0.6 is 0 Å². The molecule has 5 nitrogen and oxygen atoms in total. The van der Waals surface area contributed by atoms with Crippen molar-refractivity contribution in [3.63, 3.8) is 0 Å². The molecule has 29 heavy (non-hydrogen) atoms. The average Bonchev–Trinajstić information content (AvgIpc) is 2.70. The number of urea groups is 1. The molecule has 0 aliphatic carbocycles. The predicted octanol–water partition coefficient (Wildman–Crippen LogP) is 4.66. The number of hydrogen-bond donors (Lipinski definition) is 2. The van der Waals surface area contributed by atoms with E-state index in [4.69, 9.17) is 4.74 Å². The molecule has 152 valence electrons. The van der Waals surface area contributed by atoms with Gasteiger partial charge in [0.15, 0.2) is 0 Å². The Bertz CT molecular complexity index is 972. The maximum absolute atomic E-state index is 13.3. The first-order valence-electron chi connectivity index (χ1n) is 9.56. The molecule has 0 heterocycles. The molecule has 0 aliphatic rings. The van der Waals surface area contributed by atoms with Crippen LogP contribution in [0.4, 0.5) is 14.9 Å². The molecular formula is C23H25FN2O3. The summed E-state index contributed by atoms with van der Waals surface area (Å²) in [6.45, 7) is 3.83. The molecular weight excluding hydrogens is 371 g/mol. The molecule has 1 unspecified atom stereocenters. The van der Waals surface area contributed by atoms with Crippen LogP contribution in [0.25, 0.3) is 10.8 Å². The summed E-state index contributed by atoms with van der Waals surface area (Å²) in [5, 5.41) is 15.1. The van der Waals surface area contributed by atoms with E-state index in [2.05, 4.69) is 5.32 Å². The highest BCUT2D eigenvalue weighted by Gasteiger charge is 2.21. The van der Waals surface area contributed by atoms with Crippen molar-refractivity contribution in [3.05, 3.63) is 72.5 Å². The van der Waals surface area contributed by atoms with E-state index in [1.54, 1.807) is 6.07 Å². The minimum absolute atomic E-state index is 0.0461. The van der Waals surface area contributed by atoms with E-state index in [1.807, 2.05) is 56.3 Å². The number of carbonyl (C=O) groups excluding carboxylic acids is 1. The number of nitrogens with one attached hydrogen (secondary N) is 1. The summed E-state index contributed by atoms with van der Waals surface area (Å²) >= 11 is 0. The lowest BCUT2D eigenvalue weighted by atomic mass is 10.1. The molecule has 0 aromatic heterocycles. The number of rotatable bonds is 7. The van der Waals surface area contributed by atoms with Gasteiger partial charge in [0.05, 0.1) is 6.54 Å². The number of nitrogens with zero attached hydrogens (tertiary/aromatic N) is 1. The van der Waals surface area contributed by atoms with Gasteiger partial charge in [-0.15, -0.1) is 0 Å². The van der Waals surface area contributed by atoms with E-state index in [0.717, 1.165) is 10.8 Å². The van der Waals surface area contributed by atoms with Crippen molar-refractivity contribution in [2.75, 3.05) is 18.5 Å². The fourth-order valence-electron chi connectivity index (χ4n) is 3.08. The number of hydrogen-bond acceptors (Lipinski definition) is 3. The zero-order valence-corrected chi connectivity index (χ0v) is 16.5. The van der Waals surface area contributed by atoms with Gasteiger partial charge >= 0.3 is 6.03 Å². The van der Waals surface area contributed by atoms with Crippen molar-refractivity contribution in [1.29, 1.82) is 0 Å². The van der Waals surface area contributed by atoms with Crippen molar-refractivity contribution >= 4 is 22.5 Å². The molecule has 6 heteroatoms. The molecule has 2 amide bonds. The van der Waals surface area contributed by atoms with Crippen LogP contribution < -0.4 is 10.1 Å². The minimum atomic E-state index is -0.880. The maximum Gasteiger partial charge on any atom is 0.322 e. The van der Waals surface area contributed by atoms with Crippen LogP contribution in [0.5, 0.6) is 5.75 Å². The van der Waals surface area contributed by atoms with Crippen LogP contribution in [0, 0.1) is 5.82 Å². The van der Waals surface area contributed by atoms with Crippen LogP contribution in [0.2, 0.25) is 0 Å². The first-order valence-corrected chi connectivity index (χ1v) is 9.56. The van der Waals surface area contributed by atoms with Crippen LogP contribution in [-0.4, -0.2) is 41.3 Å². The first-order chi connectivity index (χ1) is 13.9. The van der Waals surface area contributed by atoms with Crippen LogP contribution in [0.15, 0.2) is 66.7 Å². The number of amides is 2. The third-order valence-electron chi connectivity index (χ3n) is 4.55. The van der Waals surface area contributed by atoms with Crippen molar-refractivity contribution in [3.8, 4) is 5.75 Å². The highest BCUT2D eigenvalue weighted by molar-refractivity contribution is 5.89. The maximum atomic E-state index is 13.3. The first kappa shape index (κ1) is 20.6. The second kappa shape index (κ2) is 9.39. The Labute approximate surface area is 169 Å². The van der Waals surface area contributed by atoms with Gasteiger partial charge in [0, 0.05) is 17.1 Å². The van der Waals surface area contributed by atoms with Gasteiger partial charge in [0.2, 0.25) is 0 Å². The Morgan fingerprint density at radius 1 is 1.10 bits per heavy atom. The molecule has 1 atom stereocenters. The predicted molar refractivity (Wildman–Crippen MR) is 113 cm³/mol. The van der Waals surface area contributed by atoms with Gasteiger partial charge in [-0.25, -0.2) is 9.18 Å². The monoisotopic (exact) mass is 396 g/mol. The molecule has 0 aliphatic heterocycles. The molecule has 3 aromatic carbocycles. The normalized spacial score (nSPS) is 12.0. The minimum Gasteiger partial charge on any atom is -0.490 e. The third kappa shape index (κ3) is 5.45. The number of fused-ring (bicyclic) bond motifs is 1. The van der Waals surface area contributed by atoms with Crippen LogP contribution in [0.1, 0.15) is 13.8 Å². The van der Waals surface area contributed by atoms with E-state index in [0.29, 0.717) is 11.4 Å². The number of aliphatic hydroxyl groups is 1. The van der Waals surface area contributed by atoms with E-state index < -0.39 is 18.0 Å². The summed E-state index contributed by atoms with van der Waals surface area (Å²) in [4.78, 5) is 14.1. The lowest BCUT2D eigenvalue weighted by molar-refractivity contribution is 0.0722. The summed E-state index contributed by atoms with van der Waals surface area (Å²) < 4.78 is 19.2. The van der Waals surface area contributed by atoms with Gasteiger partial charge in [0.25, 0.3) is 0 Å². The Balaban J connectivity index is 1.62. The van der Waals surface area contributed by atoms with Gasteiger partial charge < -0.3 is 20.1 Å². The zero-order valence-electron chi connectivity index (χ0n) is 16.5. The van der Waals surface area contributed by atoms with E-state index >= 15 is 0 Å². The Hall–Kier alpha value is -3.12. The fraction of sp³-hybridized carbons (Fsp3) is 0.261. The van der Waals surface area contributed by atoms with E-state index in [1.165, 1.54) is 23.1 Å². The molecule has 2 N–H and O–H groups in total. The fourth-order valence-corrected chi connectivity index (χ4v) is 3.08. The highest BCUT2D eigenvalue weighted by atomic mass is 19.1. The van der Waals surface area contributed by atoms with Crippen molar-refractivity contribution in [2.24, 2.45) is 0 Å². The number of anilines is 1. The Morgan fingerprint density at radius 3 is 2.59 bits per heavy atom. The summed E-state index contributed by atoms with van der Waals surface area (Å²) in [6, 6.07) is 18.7. The largest absolute Gasteiger partial charge is 0.490 e. The molecule has 0 fully saturated rings. The number of carbonyl (C=O) groups is 1. The second-order valence-corrected chi connectivity index (χ2v) is 7.13. The Morgan fingerprint density at radius 2 is 1.83 bits per heavy atom. The van der Waals surface area contributed by atoms with Crippen molar-refractivity contribution in [1.82, 2.24) is 4.90 Å². The summed E-state index contributed by atoms with van der Waals surface area (Å²) in [6.07, 6.45) is -0.880. The second-order valence-electron chi connectivity index (χ2n) is 7.13. The SMILES string of the molecule is CC(C)N(CC(O)COc1cccc2ccccc12)C(=O)Nc1cccc(F)c1. The van der Waals surface area contributed by atoms with Crippen molar-refractivity contribution < 1.29 is 19.0 Å². The average molecular weight is 396 g/mol. The summed E-state index contributed by atoms with van der Waals surface area (Å²) in [7, 11) is 0. The lowest BCUT2D eigenvalue weighted by Crippen LogP contribution is -2.45. The number of ether oxygens (including phenoxy) is 1. The number of aliphatic hydroxyl groups excluding tert-OH is 1. The lowest BCUT2D eigenvalue weighted by Gasteiger charge is -2.29. The van der Waals surface area contributed by atoms with Crippen molar-refractivity contribution in [2.45, 2.75) is 26.0 Å². The quantitative estimate of drug-likeness (QED) is 0.611. The van der Waals surface area contributed by atoms with Gasteiger partial charge in [-0.3, -0.25) is 0 Å². The molecule has 0 bridgehead atoms. The van der Waals surface area contributed by atoms with Gasteiger partial charge in [-0.2, -0.15) is 0 Å². The van der Waals surface area contributed by atoms with E-state index in [-0.39, 0.29) is 19.2 Å². The molecule has 3 aromatic rings. The topological polar surface area (TPSA) is 61.8 Å². The van der Waals surface area contributed by atoms with Gasteiger partial charge in [-0.05, 0) is 43.5 Å². The smallest absolute Gasteiger partial charge is 0.322 e. The summed E-state index contributed by atoms with van der Waals surface area (Å²) in [5.41, 5.74) is 0.363. The summed E-state index contributed by atoms with van der Waals surface area (Å²) in [5.74, 6) is 0.255. The molecule has 0 saturated carbocycles. The molecule has 0 saturated heterocycles. The van der Waals surface area contributed by atoms with E-state index in [9.17, 15) is 14.3 Å². The Kier molecular flexibility index (Phi) is 6.67. The molecule has 0 radical (unpaired) electrons. The molecule has 0 spiro atoms. The highest BCUT2D eigenvalue weighted by Crippen LogP contribution is 2.25. The van der Waals surface area contributed by atoms with Gasteiger partial charge in [0.1, 0.15) is 24.3 Å². The standard InChI is InChI=1S/C23H25FN2O3/c1-16(2)26(23(28)25-19-10-6-9-18(24)13-19)14-20(27)15-29-22-12-5-8-17-7-3-4-11-21(17)22/h3-13,16,20,27H,14-15H2,1-2H3,(H,25,28). The number of benzene rings is 3. The van der Waals surface area contributed by atoms with Gasteiger partial charge in [-0.1, -0.05) is 42.5 Å². The number of halogens is 1. The zero-order chi connectivity index (χ0) is 20.8.